The summed E-state index contributed by atoms with van der Waals surface area (Å²) in [6, 6.07) is 0.419. The Bertz CT molecular complexity index is 618. The normalized spacial score (nSPS) is 20.2. The topological polar surface area (TPSA) is 41.4 Å². The van der Waals surface area contributed by atoms with Crippen LogP contribution < -0.4 is 0 Å². The zero-order chi connectivity index (χ0) is 17.1. The van der Waals surface area contributed by atoms with E-state index in [1.54, 1.807) is 0 Å². The standard InChI is InChI=1S/C19H28N4O/c1-4-10-22(11-5-2)15-8-9-17-16(14-15)18(20-21(17)3)19(24)23-12-6-7-13-23/h4-5,15H,1-2,6-14H2,3H3. The molecule has 0 N–H and O–H groups in total. The molecule has 5 heteroatoms. The maximum Gasteiger partial charge on any atom is 0.274 e. The number of likely N-dealkylation sites (tertiary alicyclic amines) is 1. The van der Waals surface area contributed by atoms with Gasteiger partial charge in [-0.05, 0) is 32.1 Å². The predicted octanol–water partition coefficient (Wildman–Crippen LogP) is 2.19. The van der Waals surface area contributed by atoms with Crippen LogP contribution in [0, 0.1) is 0 Å². The van der Waals surface area contributed by atoms with E-state index in [-0.39, 0.29) is 5.91 Å². The summed E-state index contributed by atoms with van der Waals surface area (Å²) in [6.07, 6.45) is 9.05. The van der Waals surface area contributed by atoms with E-state index in [2.05, 4.69) is 23.2 Å². The predicted molar refractivity (Wildman–Crippen MR) is 96.1 cm³/mol. The lowest BCUT2D eigenvalue weighted by Gasteiger charge is -2.33. The number of hydrogen-bond donors (Lipinski definition) is 0. The summed E-state index contributed by atoms with van der Waals surface area (Å²) in [5, 5.41) is 4.59. The van der Waals surface area contributed by atoms with Gasteiger partial charge < -0.3 is 4.90 Å². The molecule has 1 aliphatic carbocycles. The van der Waals surface area contributed by atoms with Crippen molar-refractivity contribution in [1.29, 1.82) is 0 Å². The number of amides is 1. The lowest BCUT2D eigenvalue weighted by atomic mass is 9.90. The van der Waals surface area contributed by atoms with Gasteiger partial charge in [-0.3, -0.25) is 14.4 Å². The Balaban J connectivity index is 1.85. The quantitative estimate of drug-likeness (QED) is 0.752. The highest BCUT2D eigenvalue weighted by molar-refractivity contribution is 5.94. The zero-order valence-corrected chi connectivity index (χ0v) is 14.7. The van der Waals surface area contributed by atoms with E-state index >= 15 is 0 Å². The number of aromatic nitrogens is 2. The average molecular weight is 328 g/mol. The molecule has 1 aromatic rings. The van der Waals surface area contributed by atoms with Gasteiger partial charge in [0.15, 0.2) is 5.69 Å². The second kappa shape index (κ2) is 7.34. The lowest BCUT2D eigenvalue weighted by molar-refractivity contribution is 0.0784. The molecule has 0 bridgehead atoms. The van der Waals surface area contributed by atoms with Crippen LogP contribution >= 0.6 is 0 Å². The van der Waals surface area contributed by atoms with E-state index in [0.29, 0.717) is 11.7 Å². The third-order valence-electron chi connectivity index (χ3n) is 5.27. The second-order valence-electron chi connectivity index (χ2n) is 6.82. The van der Waals surface area contributed by atoms with Crippen LogP contribution in [0.4, 0.5) is 0 Å². The Morgan fingerprint density at radius 3 is 2.58 bits per heavy atom. The maximum absolute atomic E-state index is 12.9. The molecule has 0 spiro atoms. The van der Waals surface area contributed by atoms with Gasteiger partial charge in [-0.2, -0.15) is 5.10 Å². The molecule has 1 saturated heterocycles. The van der Waals surface area contributed by atoms with Crippen molar-refractivity contribution in [2.24, 2.45) is 7.05 Å². The molecule has 1 aliphatic heterocycles. The first-order valence-corrected chi connectivity index (χ1v) is 8.95. The SMILES string of the molecule is C=CCN(CC=C)C1CCc2c(c(C(=O)N3CCCC3)nn2C)C1. The molecule has 1 aromatic heterocycles. The Morgan fingerprint density at radius 2 is 1.96 bits per heavy atom. The van der Waals surface area contributed by atoms with Gasteiger partial charge in [0.2, 0.25) is 0 Å². The highest BCUT2D eigenvalue weighted by Crippen LogP contribution is 2.28. The molecule has 2 heterocycles. The Kier molecular flexibility index (Phi) is 5.19. The number of hydrogen-bond acceptors (Lipinski definition) is 3. The minimum atomic E-state index is 0.115. The number of aryl methyl sites for hydroxylation is 1. The number of rotatable bonds is 6. The molecule has 2 aliphatic rings. The third kappa shape index (κ3) is 3.18. The lowest BCUT2D eigenvalue weighted by Crippen LogP contribution is -2.40. The van der Waals surface area contributed by atoms with E-state index in [1.165, 1.54) is 5.69 Å². The van der Waals surface area contributed by atoms with Gasteiger partial charge in [0, 0.05) is 50.5 Å². The van der Waals surface area contributed by atoms with Crippen molar-refractivity contribution < 1.29 is 4.79 Å². The molecule has 5 nitrogen and oxygen atoms in total. The third-order valence-corrected chi connectivity index (χ3v) is 5.27. The van der Waals surface area contributed by atoms with E-state index in [4.69, 9.17) is 0 Å². The highest BCUT2D eigenvalue weighted by atomic mass is 16.2. The first-order valence-electron chi connectivity index (χ1n) is 8.95. The van der Waals surface area contributed by atoms with E-state index in [9.17, 15) is 4.79 Å². The average Bonchev–Trinajstić information content (AvgIpc) is 3.22. The minimum Gasteiger partial charge on any atom is -0.337 e. The number of carbonyl (C=O) groups is 1. The molecule has 3 rings (SSSR count). The van der Waals surface area contributed by atoms with E-state index in [1.807, 2.05) is 28.8 Å². The van der Waals surface area contributed by atoms with E-state index in [0.717, 1.165) is 63.8 Å². The molecular formula is C19H28N4O. The molecule has 1 fully saturated rings. The van der Waals surface area contributed by atoms with Crippen LogP contribution in [0.3, 0.4) is 0 Å². The van der Waals surface area contributed by atoms with Crippen molar-refractivity contribution >= 4 is 5.91 Å². The van der Waals surface area contributed by atoms with Gasteiger partial charge in [0.05, 0.1) is 0 Å². The molecule has 24 heavy (non-hydrogen) atoms. The first-order chi connectivity index (χ1) is 11.7. The second-order valence-corrected chi connectivity index (χ2v) is 6.82. The summed E-state index contributed by atoms with van der Waals surface area (Å²) in [5.41, 5.74) is 3.06. The van der Waals surface area contributed by atoms with Gasteiger partial charge in [0.1, 0.15) is 0 Å². The number of nitrogens with zero attached hydrogens (tertiary/aromatic N) is 4. The molecule has 0 radical (unpaired) electrons. The fourth-order valence-corrected chi connectivity index (χ4v) is 4.03. The van der Waals surface area contributed by atoms with Gasteiger partial charge in [0.25, 0.3) is 5.91 Å². The van der Waals surface area contributed by atoms with E-state index < -0.39 is 0 Å². The Morgan fingerprint density at radius 1 is 1.29 bits per heavy atom. The first kappa shape index (κ1) is 17.0. The highest BCUT2D eigenvalue weighted by Gasteiger charge is 2.32. The molecular weight excluding hydrogens is 300 g/mol. The summed E-state index contributed by atoms with van der Waals surface area (Å²) in [5.74, 6) is 0.115. The van der Waals surface area contributed by atoms with Crippen LogP contribution in [0.15, 0.2) is 25.3 Å². The van der Waals surface area contributed by atoms with Crippen molar-refractivity contribution in [3.05, 3.63) is 42.3 Å². The van der Waals surface area contributed by atoms with Gasteiger partial charge >= 0.3 is 0 Å². The largest absolute Gasteiger partial charge is 0.337 e. The van der Waals surface area contributed by atoms with Crippen LogP contribution in [-0.2, 0) is 19.9 Å². The van der Waals surface area contributed by atoms with Crippen molar-refractivity contribution in [3.8, 4) is 0 Å². The number of fused-ring (bicyclic) bond motifs is 1. The summed E-state index contributed by atoms with van der Waals surface area (Å²) in [4.78, 5) is 17.2. The van der Waals surface area contributed by atoms with Gasteiger partial charge in [-0.15, -0.1) is 13.2 Å². The Hall–Kier alpha value is -1.88. The molecule has 1 unspecified atom stereocenters. The van der Waals surface area contributed by atoms with Crippen LogP contribution in [0.25, 0.3) is 0 Å². The molecule has 130 valence electrons. The van der Waals surface area contributed by atoms with Crippen LogP contribution in [0.2, 0.25) is 0 Å². The molecule has 1 amide bonds. The minimum absolute atomic E-state index is 0.115. The Labute approximate surface area is 144 Å². The van der Waals surface area contributed by atoms with Crippen LogP contribution in [0.1, 0.15) is 41.0 Å². The summed E-state index contributed by atoms with van der Waals surface area (Å²) in [7, 11) is 1.96. The number of carbonyl (C=O) groups excluding carboxylic acids is 1. The summed E-state index contributed by atoms with van der Waals surface area (Å²) in [6.45, 7) is 11.2. The summed E-state index contributed by atoms with van der Waals surface area (Å²) < 4.78 is 1.92. The summed E-state index contributed by atoms with van der Waals surface area (Å²) >= 11 is 0. The molecule has 1 atom stereocenters. The van der Waals surface area contributed by atoms with Crippen molar-refractivity contribution in [2.75, 3.05) is 26.2 Å². The monoisotopic (exact) mass is 328 g/mol. The molecule has 0 aromatic carbocycles. The van der Waals surface area contributed by atoms with Crippen LogP contribution in [-0.4, -0.2) is 57.7 Å². The van der Waals surface area contributed by atoms with Crippen molar-refractivity contribution in [1.82, 2.24) is 19.6 Å². The maximum atomic E-state index is 12.9. The van der Waals surface area contributed by atoms with Crippen LogP contribution in [0.5, 0.6) is 0 Å². The fraction of sp³-hybridized carbons (Fsp3) is 0.579. The fourth-order valence-electron chi connectivity index (χ4n) is 4.03. The van der Waals surface area contributed by atoms with Crippen molar-refractivity contribution in [3.63, 3.8) is 0 Å². The smallest absolute Gasteiger partial charge is 0.274 e. The molecule has 0 saturated carbocycles. The zero-order valence-electron chi connectivity index (χ0n) is 14.7. The van der Waals surface area contributed by atoms with Gasteiger partial charge in [-0.1, -0.05) is 12.2 Å². The van der Waals surface area contributed by atoms with Gasteiger partial charge in [-0.25, -0.2) is 0 Å². The van der Waals surface area contributed by atoms with Crippen molar-refractivity contribution in [2.45, 2.75) is 38.1 Å².